The zero-order valence-electron chi connectivity index (χ0n) is 15.1. The Morgan fingerprint density at radius 2 is 2.00 bits per heavy atom. The van der Waals surface area contributed by atoms with Gasteiger partial charge in [-0.1, -0.05) is 30.3 Å². The lowest BCUT2D eigenvalue weighted by Crippen LogP contribution is -2.35. The second-order valence-electron chi connectivity index (χ2n) is 6.87. The molecule has 0 radical (unpaired) electrons. The molecule has 6 nitrogen and oxygen atoms in total. The lowest BCUT2D eigenvalue weighted by molar-refractivity contribution is 0.0923. The van der Waals surface area contributed by atoms with E-state index in [9.17, 15) is 4.79 Å². The molecule has 0 saturated heterocycles. The molecule has 3 aromatic rings. The highest BCUT2D eigenvalue weighted by atomic mass is 16.2. The maximum atomic E-state index is 13.0. The average Bonchev–Trinajstić information content (AvgIpc) is 3.41. The van der Waals surface area contributed by atoms with Crippen LogP contribution in [0.25, 0.3) is 16.6 Å². The number of amides is 1. The van der Waals surface area contributed by atoms with Gasteiger partial charge in [0.2, 0.25) is 0 Å². The van der Waals surface area contributed by atoms with Gasteiger partial charge in [-0.3, -0.25) is 4.79 Å². The highest BCUT2D eigenvalue weighted by molar-refractivity contribution is 6.08. The number of aryl methyl sites for hydroxylation is 1. The lowest BCUT2D eigenvalue weighted by Gasteiger charge is -2.18. The second kappa shape index (κ2) is 6.39. The molecule has 4 N–H and O–H groups in total. The molecule has 0 atom stereocenters. The van der Waals surface area contributed by atoms with Gasteiger partial charge in [0.15, 0.2) is 0 Å². The van der Waals surface area contributed by atoms with E-state index in [0.29, 0.717) is 22.6 Å². The van der Waals surface area contributed by atoms with Gasteiger partial charge in [-0.25, -0.2) is 4.98 Å². The first-order valence-corrected chi connectivity index (χ1v) is 8.85. The predicted molar refractivity (Wildman–Crippen MR) is 106 cm³/mol. The third-order valence-electron chi connectivity index (χ3n) is 5.17. The summed E-state index contributed by atoms with van der Waals surface area (Å²) in [6.45, 7) is 0. The number of pyridine rings is 1. The predicted octanol–water partition coefficient (Wildman–Crippen LogP) is 2.94. The molecule has 0 aliphatic heterocycles. The van der Waals surface area contributed by atoms with Crippen LogP contribution in [0.3, 0.4) is 0 Å². The van der Waals surface area contributed by atoms with E-state index >= 15 is 0 Å². The van der Waals surface area contributed by atoms with Crippen molar-refractivity contribution in [3.05, 3.63) is 71.7 Å². The van der Waals surface area contributed by atoms with Crippen LogP contribution in [0, 0.1) is 5.41 Å². The van der Waals surface area contributed by atoms with Crippen molar-refractivity contribution >= 4 is 28.7 Å². The molecule has 0 spiro atoms. The van der Waals surface area contributed by atoms with Crippen LogP contribution >= 0.6 is 0 Å². The van der Waals surface area contributed by atoms with E-state index in [1.807, 2.05) is 37.4 Å². The van der Waals surface area contributed by atoms with Crippen LogP contribution in [0.1, 0.15) is 34.6 Å². The highest BCUT2D eigenvalue weighted by Gasteiger charge is 2.45. The van der Waals surface area contributed by atoms with Crippen molar-refractivity contribution in [3.8, 4) is 0 Å². The number of fused-ring (bicyclic) bond motifs is 1. The lowest BCUT2D eigenvalue weighted by atomic mass is 10.0. The number of hydrogen-bond donors (Lipinski definition) is 3. The van der Waals surface area contributed by atoms with Gasteiger partial charge >= 0.3 is 0 Å². The van der Waals surface area contributed by atoms with Crippen molar-refractivity contribution in [2.75, 3.05) is 0 Å². The molecule has 6 heteroatoms. The van der Waals surface area contributed by atoms with Crippen LogP contribution in [-0.2, 0) is 12.6 Å². The summed E-state index contributed by atoms with van der Waals surface area (Å²) in [5, 5.41) is 11.5. The van der Waals surface area contributed by atoms with Crippen LogP contribution in [0.5, 0.6) is 0 Å². The van der Waals surface area contributed by atoms with Gasteiger partial charge in [0.05, 0.1) is 11.2 Å². The Hall–Kier alpha value is -3.41. The number of allylic oxidation sites excluding steroid dienone is 1. The van der Waals surface area contributed by atoms with Crippen molar-refractivity contribution < 1.29 is 4.79 Å². The Kier molecular flexibility index (Phi) is 4.03. The Bertz CT molecular complexity index is 1060. The average molecular weight is 359 g/mol. The molecular weight excluding hydrogens is 338 g/mol. The van der Waals surface area contributed by atoms with E-state index in [-0.39, 0.29) is 11.4 Å². The highest BCUT2D eigenvalue weighted by Crippen LogP contribution is 2.45. The minimum Gasteiger partial charge on any atom is -0.404 e. The number of benzene rings is 1. The summed E-state index contributed by atoms with van der Waals surface area (Å²) in [5.41, 5.74) is 8.82. The monoisotopic (exact) mass is 359 g/mol. The minimum absolute atomic E-state index is 0.111. The van der Waals surface area contributed by atoms with Crippen molar-refractivity contribution in [3.63, 3.8) is 0 Å². The summed E-state index contributed by atoms with van der Waals surface area (Å²) in [7, 11) is 1.83. The Balaban J connectivity index is 1.67. The van der Waals surface area contributed by atoms with E-state index in [1.54, 1.807) is 10.6 Å². The number of hydrogen-bond acceptors (Lipinski definition) is 4. The van der Waals surface area contributed by atoms with Crippen molar-refractivity contribution in [2.24, 2.45) is 12.8 Å². The number of nitrogens with one attached hydrogen (secondary N) is 2. The van der Waals surface area contributed by atoms with Gasteiger partial charge in [0, 0.05) is 30.4 Å². The molecule has 1 fully saturated rings. The summed E-state index contributed by atoms with van der Waals surface area (Å²) in [6, 6.07) is 15.6. The fraction of sp³-hybridized carbons (Fsp3) is 0.190. The Morgan fingerprint density at radius 1 is 1.26 bits per heavy atom. The van der Waals surface area contributed by atoms with E-state index < -0.39 is 0 Å². The molecule has 1 amide bonds. The summed E-state index contributed by atoms with van der Waals surface area (Å²) in [4.78, 5) is 17.5. The maximum Gasteiger partial charge on any atom is 0.268 e. The van der Waals surface area contributed by atoms with Crippen molar-refractivity contribution in [1.29, 1.82) is 5.41 Å². The normalized spacial score (nSPS) is 15.5. The summed E-state index contributed by atoms with van der Waals surface area (Å²) < 4.78 is 1.79. The molecule has 1 aliphatic carbocycles. The molecule has 4 rings (SSSR count). The van der Waals surface area contributed by atoms with E-state index in [1.165, 1.54) is 12.4 Å². The molecular formula is C21H21N5O. The number of carbonyl (C=O) groups excluding carboxylic acids is 1. The largest absolute Gasteiger partial charge is 0.404 e. The number of nitrogens with two attached hydrogens (primary N) is 1. The SMILES string of the molecule is Cn1c(C(=O)NC2(c3ccccc3)CC2)cc2ccc(/C(C=N)=C/N)nc21. The quantitative estimate of drug-likeness (QED) is 0.611. The molecule has 0 unspecified atom stereocenters. The van der Waals surface area contributed by atoms with E-state index in [0.717, 1.165) is 23.8 Å². The fourth-order valence-corrected chi connectivity index (χ4v) is 3.43. The molecule has 1 aromatic carbocycles. The number of rotatable bonds is 5. The molecule has 27 heavy (non-hydrogen) atoms. The maximum absolute atomic E-state index is 13.0. The second-order valence-corrected chi connectivity index (χ2v) is 6.87. The third kappa shape index (κ3) is 2.89. The standard InChI is InChI=1S/C21H21N5O/c1-26-18(11-14-7-8-17(24-19(14)26)15(12-22)13-23)20(27)25-21(9-10-21)16-5-3-2-4-6-16/h2-8,11-13,22H,9-10,23H2,1H3,(H,25,27)/b15-13+,22-12?. The topological polar surface area (TPSA) is 96.8 Å². The van der Waals surface area contributed by atoms with Crippen LogP contribution in [0.4, 0.5) is 0 Å². The molecule has 1 aliphatic rings. The molecule has 1 saturated carbocycles. The smallest absolute Gasteiger partial charge is 0.268 e. The van der Waals surface area contributed by atoms with Crippen LogP contribution in [0.2, 0.25) is 0 Å². The molecule has 2 aromatic heterocycles. The summed E-state index contributed by atoms with van der Waals surface area (Å²) in [5.74, 6) is -0.111. The zero-order valence-corrected chi connectivity index (χ0v) is 15.1. The summed E-state index contributed by atoms with van der Waals surface area (Å²) in [6.07, 6.45) is 4.41. The Morgan fingerprint density at radius 3 is 2.63 bits per heavy atom. The van der Waals surface area contributed by atoms with Gasteiger partial charge in [-0.15, -0.1) is 0 Å². The first kappa shape index (κ1) is 17.0. The number of aromatic nitrogens is 2. The molecule has 136 valence electrons. The van der Waals surface area contributed by atoms with Gasteiger partial charge in [0.25, 0.3) is 5.91 Å². The van der Waals surface area contributed by atoms with Crippen molar-refractivity contribution in [1.82, 2.24) is 14.9 Å². The number of nitrogens with zero attached hydrogens (tertiary/aromatic N) is 2. The van der Waals surface area contributed by atoms with E-state index in [2.05, 4.69) is 22.4 Å². The summed E-state index contributed by atoms with van der Waals surface area (Å²) >= 11 is 0. The zero-order chi connectivity index (χ0) is 19.0. The van der Waals surface area contributed by atoms with Gasteiger partial charge in [-0.2, -0.15) is 0 Å². The molecule has 2 heterocycles. The van der Waals surface area contributed by atoms with Crippen LogP contribution in [-0.4, -0.2) is 21.7 Å². The minimum atomic E-state index is -0.261. The molecule has 0 bridgehead atoms. The van der Waals surface area contributed by atoms with Crippen molar-refractivity contribution in [2.45, 2.75) is 18.4 Å². The van der Waals surface area contributed by atoms with Gasteiger partial charge in [0.1, 0.15) is 11.3 Å². The first-order valence-electron chi connectivity index (χ1n) is 8.85. The third-order valence-corrected chi connectivity index (χ3v) is 5.17. The van der Waals surface area contributed by atoms with E-state index in [4.69, 9.17) is 11.1 Å². The fourth-order valence-electron chi connectivity index (χ4n) is 3.43. The van der Waals surface area contributed by atoms with Crippen LogP contribution in [0.15, 0.2) is 54.7 Å². The number of carbonyl (C=O) groups is 1. The van der Waals surface area contributed by atoms with Gasteiger partial charge in [-0.05, 0) is 36.6 Å². The first-order chi connectivity index (χ1) is 13.1. The Labute approximate surface area is 157 Å². The van der Waals surface area contributed by atoms with Gasteiger partial charge < -0.3 is 21.0 Å². The van der Waals surface area contributed by atoms with Crippen LogP contribution < -0.4 is 11.1 Å².